The molecule has 1 aromatic rings. The lowest BCUT2D eigenvalue weighted by atomic mass is 9.96. The first-order valence-electron chi connectivity index (χ1n) is 4.92. The third kappa shape index (κ3) is 2.29. The number of aromatic nitrogens is 2. The molecule has 1 N–H and O–H groups in total. The molecule has 0 spiro atoms. The molecule has 0 aromatic carbocycles. The van der Waals surface area contributed by atoms with Gasteiger partial charge in [0.2, 0.25) is 0 Å². The normalized spacial score (nSPS) is 29.3. The van der Waals surface area contributed by atoms with Crippen LogP contribution in [0.25, 0.3) is 0 Å². The SMILES string of the molecule is CC1CCN(Cc2csnn2)CC1O. The van der Waals surface area contributed by atoms with E-state index in [1.165, 1.54) is 11.5 Å². The number of piperidine rings is 1. The van der Waals surface area contributed by atoms with Crippen LogP contribution >= 0.6 is 11.5 Å². The summed E-state index contributed by atoms with van der Waals surface area (Å²) in [5, 5.41) is 15.7. The molecule has 0 saturated carbocycles. The minimum atomic E-state index is -0.185. The molecule has 0 radical (unpaired) electrons. The number of hydrogen-bond acceptors (Lipinski definition) is 5. The summed E-state index contributed by atoms with van der Waals surface area (Å²) in [6.07, 6.45) is 0.883. The minimum absolute atomic E-state index is 0.185. The average molecular weight is 213 g/mol. The van der Waals surface area contributed by atoms with E-state index in [0.29, 0.717) is 5.92 Å². The number of likely N-dealkylation sites (tertiary alicyclic amines) is 1. The van der Waals surface area contributed by atoms with Gasteiger partial charge in [-0.25, -0.2) is 0 Å². The summed E-state index contributed by atoms with van der Waals surface area (Å²) in [4.78, 5) is 2.24. The highest BCUT2D eigenvalue weighted by Crippen LogP contribution is 2.18. The quantitative estimate of drug-likeness (QED) is 0.787. The first-order valence-corrected chi connectivity index (χ1v) is 5.75. The maximum atomic E-state index is 9.70. The zero-order valence-corrected chi connectivity index (χ0v) is 9.07. The molecule has 1 saturated heterocycles. The Morgan fingerprint density at radius 1 is 1.71 bits per heavy atom. The Balaban J connectivity index is 1.88. The Labute approximate surface area is 87.7 Å². The average Bonchev–Trinajstić information content (AvgIpc) is 2.64. The van der Waals surface area contributed by atoms with Gasteiger partial charge in [-0.1, -0.05) is 11.4 Å². The van der Waals surface area contributed by atoms with Crippen LogP contribution in [0.1, 0.15) is 19.0 Å². The lowest BCUT2D eigenvalue weighted by Gasteiger charge is -2.33. The molecular formula is C9H15N3OS. The van der Waals surface area contributed by atoms with Gasteiger partial charge in [0.1, 0.15) is 0 Å². The van der Waals surface area contributed by atoms with E-state index in [0.717, 1.165) is 31.7 Å². The zero-order chi connectivity index (χ0) is 9.97. The molecule has 0 bridgehead atoms. The smallest absolute Gasteiger partial charge is 0.0895 e. The van der Waals surface area contributed by atoms with Crippen molar-refractivity contribution in [3.8, 4) is 0 Å². The van der Waals surface area contributed by atoms with Crippen molar-refractivity contribution in [2.75, 3.05) is 13.1 Å². The predicted octanol–water partition coefficient (Wildman–Crippen LogP) is 0.741. The van der Waals surface area contributed by atoms with Gasteiger partial charge >= 0.3 is 0 Å². The van der Waals surface area contributed by atoms with Gasteiger partial charge in [0.15, 0.2) is 0 Å². The summed E-state index contributed by atoms with van der Waals surface area (Å²) in [7, 11) is 0. The second-order valence-corrected chi connectivity index (χ2v) is 4.57. The number of aliphatic hydroxyl groups excluding tert-OH is 1. The summed E-state index contributed by atoms with van der Waals surface area (Å²) < 4.78 is 3.82. The van der Waals surface area contributed by atoms with E-state index < -0.39 is 0 Å². The van der Waals surface area contributed by atoms with Gasteiger partial charge in [0, 0.05) is 18.5 Å². The summed E-state index contributed by atoms with van der Waals surface area (Å²) in [6.45, 7) is 4.74. The Morgan fingerprint density at radius 3 is 3.21 bits per heavy atom. The highest BCUT2D eigenvalue weighted by molar-refractivity contribution is 7.03. The topological polar surface area (TPSA) is 49.2 Å². The molecule has 78 valence electrons. The van der Waals surface area contributed by atoms with E-state index in [4.69, 9.17) is 0 Å². The van der Waals surface area contributed by atoms with Crippen LogP contribution in [0.3, 0.4) is 0 Å². The Kier molecular flexibility index (Phi) is 3.10. The molecule has 14 heavy (non-hydrogen) atoms. The van der Waals surface area contributed by atoms with Gasteiger partial charge in [-0.3, -0.25) is 4.90 Å². The van der Waals surface area contributed by atoms with Crippen molar-refractivity contribution >= 4 is 11.5 Å². The van der Waals surface area contributed by atoms with Crippen LogP contribution in [0, 0.1) is 5.92 Å². The lowest BCUT2D eigenvalue weighted by Crippen LogP contribution is -2.42. The van der Waals surface area contributed by atoms with Crippen molar-refractivity contribution in [1.29, 1.82) is 0 Å². The number of β-amino-alcohol motifs (C(OH)–C–C–N with tert-alkyl or cyclic N) is 1. The van der Waals surface area contributed by atoms with Crippen molar-refractivity contribution in [2.45, 2.75) is 26.0 Å². The monoisotopic (exact) mass is 213 g/mol. The second-order valence-electron chi connectivity index (χ2n) is 3.96. The van der Waals surface area contributed by atoms with E-state index in [9.17, 15) is 5.11 Å². The molecular weight excluding hydrogens is 198 g/mol. The van der Waals surface area contributed by atoms with E-state index >= 15 is 0 Å². The van der Waals surface area contributed by atoms with Crippen LogP contribution in [-0.2, 0) is 6.54 Å². The Hall–Kier alpha value is -0.520. The summed E-state index contributed by atoms with van der Waals surface area (Å²) in [6, 6.07) is 0. The summed E-state index contributed by atoms with van der Waals surface area (Å²) >= 11 is 1.38. The molecule has 2 atom stereocenters. The summed E-state index contributed by atoms with van der Waals surface area (Å²) in [5.74, 6) is 0.430. The number of rotatable bonds is 2. The fraction of sp³-hybridized carbons (Fsp3) is 0.778. The molecule has 1 fully saturated rings. The predicted molar refractivity (Wildman–Crippen MR) is 55.0 cm³/mol. The zero-order valence-electron chi connectivity index (χ0n) is 8.26. The lowest BCUT2D eigenvalue weighted by molar-refractivity contribution is 0.0254. The molecule has 1 aromatic heterocycles. The molecule has 2 unspecified atom stereocenters. The minimum Gasteiger partial charge on any atom is -0.392 e. The Morgan fingerprint density at radius 2 is 2.57 bits per heavy atom. The molecule has 0 amide bonds. The van der Waals surface area contributed by atoms with Gasteiger partial charge in [0.05, 0.1) is 11.8 Å². The van der Waals surface area contributed by atoms with E-state index in [2.05, 4.69) is 21.4 Å². The molecule has 2 heterocycles. The standard InChI is InChI=1S/C9H15N3OS/c1-7-2-3-12(5-9(7)13)4-8-6-14-11-10-8/h6-7,9,13H,2-5H2,1H3. The molecule has 1 aliphatic heterocycles. The molecule has 2 rings (SSSR count). The van der Waals surface area contributed by atoms with Gasteiger partial charge in [-0.05, 0) is 30.4 Å². The van der Waals surface area contributed by atoms with Crippen LogP contribution in [-0.4, -0.2) is 38.8 Å². The molecule has 5 heteroatoms. The second kappa shape index (κ2) is 4.33. The molecule has 0 aliphatic carbocycles. The molecule has 4 nitrogen and oxygen atoms in total. The van der Waals surface area contributed by atoms with Gasteiger partial charge in [-0.2, -0.15) is 0 Å². The highest BCUT2D eigenvalue weighted by atomic mass is 32.1. The van der Waals surface area contributed by atoms with Gasteiger partial charge < -0.3 is 5.11 Å². The first-order chi connectivity index (χ1) is 6.75. The maximum Gasteiger partial charge on any atom is 0.0895 e. The van der Waals surface area contributed by atoms with Crippen molar-refractivity contribution < 1.29 is 5.11 Å². The van der Waals surface area contributed by atoms with Crippen LogP contribution in [0.5, 0.6) is 0 Å². The van der Waals surface area contributed by atoms with Crippen molar-refractivity contribution in [1.82, 2.24) is 14.5 Å². The highest BCUT2D eigenvalue weighted by Gasteiger charge is 2.24. The van der Waals surface area contributed by atoms with E-state index in [-0.39, 0.29) is 6.10 Å². The number of nitrogens with zero attached hydrogens (tertiary/aromatic N) is 3. The fourth-order valence-electron chi connectivity index (χ4n) is 1.74. The fourth-order valence-corrected chi connectivity index (χ4v) is 2.18. The Bertz CT molecular complexity index is 278. The number of hydrogen-bond donors (Lipinski definition) is 1. The van der Waals surface area contributed by atoms with Crippen LogP contribution in [0.4, 0.5) is 0 Å². The molecule has 1 aliphatic rings. The van der Waals surface area contributed by atoms with E-state index in [1.54, 1.807) is 0 Å². The van der Waals surface area contributed by atoms with E-state index in [1.807, 2.05) is 5.38 Å². The first kappa shape index (κ1) is 10.0. The van der Waals surface area contributed by atoms with Crippen molar-refractivity contribution in [2.24, 2.45) is 5.92 Å². The number of aliphatic hydroxyl groups is 1. The summed E-state index contributed by atoms with van der Waals surface area (Å²) in [5.41, 5.74) is 1.01. The largest absolute Gasteiger partial charge is 0.392 e. The third-order valence-corrected chi connectivity index (χ3v) is 3.35. The van der Waals surface area contributed by atoms with Crippen LogP contribution < -0.4 is 0 Å². The van der Waals surface area contributed by atoms with Crippen molar-refractivity contribution in [3.63, 3.8) is 0 Å². The third-order valence-electron chi connectivity index (χ3n) is 2.79. The maximum absolute atomic E-state index is 9.70. The van der Waals surface area contributed by atoms with Crippen LogP contribution in [0.2, 0.25) is 0 Å². The van der Waals surface area contributed by atoms with Gasteiger partial charge in [-0.15, -0.1) is 5.10 Å². The van der Waals surface area contributed by atoms with Gasteiger partial charge in [0.25, 0.3) is 0 Å². The van der Waals surface area contributed by atoms with Crippen LogP contribution in [0.15, 0.2) is 5.38 Å². The van der Waals surface area contributed by atoms with Crippen molar-refractivity contribution in [3.05, 3.63) is 11.1 Å².